The first-order chi connectivity index (χ1) is 11.2. The fraction of sp³-hybridized carbons (Fsp3) is 0.412. The van der Waals surface area contributed by atoms with Crippen molar-refractivity contribution in [2.45, 2.75) is 31.8 Å². The average molecular weight is 315 g/mol. The molecular weight excluding hydrogens is 293 g/mol. The predicted octanol–water partition coefficient (Wildman–Crippen LogP) is 2.17. The van der Waals surface area contributed by atoms with Crippen molar-refractivity contribution in [1.29, 1.82) is 0 Å². The molecule has 0 saturated heterocycles. The number of benzene rings is 1. The number of aromatic nitrogens is 2. The highest BCUT2D eigenvalue weighted by molar-refractivity contribution is 5.80. The van der Waals surface area contributed by atoms with E-state index in [1.54, 1.807) is 12.3 Å². The van der Waals surface area contributed by atoms with E-state index < -0.39 is 0 Å². The van der Waals surface area contributed by atoms with Crippen molar-refractivity contribution in [1.82, 2.24) is 20.4 Å². The minimum Gasteiger partial charge on any atom is -0.357 e. The minimum atomic E-state index is -0.126. The first-order valence-electron chi connectivity index (χ1n) is 7.95. The maximum Gasteiger partial charge on any atom is 0.191 e. The molecule has 1 aromatic heterocycles. The maximum atomic E-state index is 13.8. The van der Waals surface area contributed by atoms with Gasteiger partial charge < -0.3 is 10.6 Å². The Labute approximate surface area is 135 Å². The van der Waals surface area contributed by atoms with Crippen molar-refractivity contribution in [3.8, 4) is 0 Å². The molecule has 0 amide bonds. The van der Waals surface area contributed by atoms with Crippen LogP contribution in [-0.2, 0) is 13.6 Å². The lowest BCUT2D eigenvalue weighted by Gasteiger charge is -2.11. The van der Waals surface area contributed by atoms with E-state index >= 15 is 0 Å². The summed E-state index contributed by atoms with van der Waals surface area (Å²) in [5.74, 6) is 0.855. The third-order valence-corrected chi connectivity index (χ3v) is 4.08. The van der Waals surface area contributed by atoms with E-state index in [1.807, 2.05) is 36.9 Å². The molecule has 1 saturated carbocycles. The zero-order chi connectivity index (χ0) is 16.2. The molecule has 1 heterocycles. The lowest BCUT2D eigenvalue weighted by atomic mass is 10.1. The number of nitrogens with zero attached hydrogens (tertiary/aromatic N) is 3. The summed E-state index contributed by atoms with van der Waals surface area (Å²) >= 11 is 0. The molecule has 1 aliphatic rings. The van der Waals surface area contributed by atoms with Crippen LogP contribution in [0.1, 0.15) is 30.5 Å². The summed E-state index contributed by atoms with van der Waals surface area (Å²) in [6, 6.07) is 9.18. The molecule has 2 N–H and O–H groups in total. The summed E-state index contributed by atoms with van der Waals surface area (Å²) in [6.45, 7) is 3.37. The molecule has 0 bridgehead atoms. The van der Waals surface area contributed by atoms with E-state index in [1.165, 1.54) is 6.07 Å². The third-order valence-electron chi connectivity index (χ3n) is 4.08. The van der Waals surface area contributed by atoms with Gasteiger partial charge in [0, 0.05) is 31.7 Å². The highest BCUT2D eigenvalue weighted by Gasteiger charge is 2.40. The van der Waals surface area contributed by atoms with Crippen molar-refractivity contribution < 1.29 is 4.39 Å². The molecule has 1 aliphatic carbocycles. The number of halogens is 1. The summed E-state index contributed by atoms with van der Waals surface area (Å²) in [5.41, 5.74) is 1.83. The second kappa shape index (κ2) is 6.81. The molecule has 2 unspecified atom stereocenters. The molecule has 1 aromatic carbocycles. The summed E-state index contributed by atoms with van der Waals surface area (Å²) in [4.78, 5) is 4.59. The Morgan fingerprint density at radius 1 is 1.39 bits per heavy atom. The van der Waals surface area contributed by atoms with Crippen LogP contribution in [0.25, 0.3) is 0 Å². The molecular formula is C17H22FN5. The van der Waals surface area contributed by atoms with E-state index in [2.05, 4.69) is 20.7 Å². The molecule has 1 fully saturated rings. The number of aliphatic imine (C=N–C) groups is 1. The maximum absolute atomic E-state index is 13.8. The quantitative estimate of drug-likeness (QED) is 0.657. The summed E-state index contributed by atoms with van der Waals surface area (Å²) < 4.78 is 15.6. The van der Waals surface area contributed by atoms with E-state index in [-0.39, 0.29) is 17.8 Å². The Morgan fingerprint density at radius 2 is 2.22 bits per heavy atom. The highest BCUT2D eigenvalue weighted by atomic mass is 19.1. The van der Waals surface area contributed by atoms with Crippen LogP contribution in [0.4, 0.5) is 4.39 Å². The fourth-order valence-electron chi connectivity index (χ4n) is 2.69. The van der Waals surface area contributed by atoms with Gasteiger partial charge in [0.05, 0.1) is 12.2 Å². The van der Waals surface area contributed by atoms with E-state index in [4.69, 9.17) is 0 Å². The van der Waals surface area contributed by atoms with Gasteiger partial charge in [-0.2, -0.15) is 5.10 Å². The minimum absolute atomic E-state index is 0.126. The Balaban J connectivity index is 1.62. The van der Waals surface area contributed by atoms with Gasteiger partial charge >= 0.3 is 0 Å². The molecule has 23 heavy (non-hydrogen) atoms. The Morgan fingerprint density at radius 3 is 2.91 bits per heavy atom. The van der Waals surface area contributed by atoms with Gasteiger partial charge in [0.15, 0.2) is 5.96 Å². The Hall–Kier alpha value is -2.37. The molecule has 0 radical (unpaired) electrons. The normalized spacial score (nSPS) is 20.4. The van der Waals surface area contributed by atoms with Gasteiger partial charge in [0.2, 0.25) is 0 Å². The lowest BCUT2D eigenvalue weighted by Crippen LogP contribution is -2.39. The average Bonchev–Trinajstić information content (AvgIpc) is 3.17. The number of rotatable bonds is 5. The van der Waals surface area contributed by atoms with E-state index in [9.17, 15) is 4.39 Å². The second-order valence-electron chi connectivity index (χ2n) is 5.76. The second-order valence-corrected chi connectivity index (χ2v) is 5.76. The smallest absolute Gasteiger partial charge is 0.191 e. The van der Waals surface area contributed by atoms with Crippen LogP contribution < -0.4 is 10.6 Å². The van der Waals surface area contributed by atoms with E-state index in [0.717, 1.165) is 30.2 Å². The summed E-state index contributed by atoms with van der Waals surface area (Å²) in [5, 5.41) is 10.8. The highest BCUT2D eigenvalue weighted by Crippen LogP contribution is 2.41. The van der Waals surface area contributed by atoms with Gasteiger partial charge in [-0.15, -0.1) is 0 Å². The fourth-order valence-corrected chi connectivity index (χ4v) is 2.69. The van der Waals surface area contributed by atoms with Crippen molar-refractivity contribution in [2.75, 3.05) is 6.54 Å². The predicted molar refractivity (Wildman–Crippen MR) is 88.7 cm³/mol. The van der Waals surface area contributed by atoms with Gasteiger partial charge in [0.1, 0.15) is 5.82 Å². The van der Waals surface area contributed by atoms with Gasteiger partial charge in [-0.25, -0.2) is 9.38 Å². The Kier molecular flexibility index (Phi) is 4.60. The van der Waals surface area contributed by atoms with Crippen LogP contribution in [0.2, 0.25) is 0 Å². The molecule has 2 aromatic rings. The summed E-state index contributed by atoms with van der Waals surface area (Å²) in [7, 11) is 1.90. The number of aryl methyl sites for hydroxylation is 1. The van der Waals surface area contributed by atoms with Crippen LogP contribution in [-0.4, -0.2) is 28.3 Å². The molecule has 0 spiro atoms. The van der Waals surface area contributed by atoms with Gasteiger partial charge in [0.25, 0.3) is 0 Å². The zero-order valence-electron chi connectivity index (χ0n) is 13.5. The molecule has 3 rings (SSSR count). The van der Waals surface area contributed by atoms with Crippen molar-refractivity contribution in [3.05, 3.63) is 53.6 Å². The van der Waals surface area contributed by atoms with Crippen molar-refractivity contribution in [2.24, 2.45) is 12.0 Å². The van der Waals surface area contributed by atoms with Gasteiger partial charge in [-0.3, -0.25) is 4.68 Å². The number of hydrogen-bond donors (Lipinski definition) is 2. The van der Waals surface area contributed by atoms with Gasteiger partial charge in [-0.05, 0) is 31.0 Å². The van der Waals surface area contributed by atoms with E-state index in [0.29, 0.717) is 6.54 Å². The number of guanidine groups is 1. The lowest BCUT2D eigenvalue weighted by molar-refractivity contribution is 0.607. The first kappa shape index (κ1) is 15.5. The largest absolute Gasteiger partial charge is 0.357 e. The number of hydrogen-bond acceptors (Lipinski definition) is 2. The standard InChI is InChI=1S/C17H22FN5/c1-3-19-17(20-11-12-8-9-21-23(12)2)22-16-10-14(16)13-6-4-5-7-15(13)18/h4-9,14,16H,3,10-11H2,1-2H3,(H2,19,20,22). The monoisotopic (exact) mass is 315 g/mol. The summed E-state index contributed by atoms with van der Waals surface area (Å²) in [6.07, 6.45) is 2.69. The molecule has 2 atom stereocenters. The van der Waals surface area contributed by atoms with Crippen molar-refractivity contribution >= 4 is 5.96 Å². The Bertz CT molecular complexity index is 694. The first-order valence-corrected chi connectivity index (χ1v) is 7.95. The van der Waals surface area contributed by atoms with Crippen LogP contribution in [0.5, 0.6) is 0 Å². The molecule has 122 valence electrons. The molecule has 5 nitrogen and oxygen atoms in total. The van der Waals surface area contributed by atoms with Crippen LogP contribution >= 0.6 is 0 Å². The zero-order valence-corrected chi connectivity index (χ0v) is 13.5. The third kappa shape index (κ3) is 3.70. The number of nitrogens with one attached hydrogen (secondary N) is 2. The molecule has 6 heteroatoms. The topological polar surface area (TPSA) is 54.2 Å². The van der Waals surface area contributed by atoms with Crippen LogP contribution in [0, 0.1) is 5.82 Å². The SMILES string of the molecule is CCNC(=NCc1ccnn1C)NC1CC1c1ccccc1F. The van der Waals surface area contributed by atoms with Crippen LogP contribution in [0.15, 0.2) is 41.5 Å². The van der Waals surface area contributed by atoms with Gasteiger partial charge in [-0.1, -0.05) is 18.2 Å². The van der Waals surface area contributed by atoms with Crippen LogP contribution in [0.3, 0.4) is 0 Å². The molecule has 0 aliphatic heterocycles. The van der Waals surface area contributed by atoms with Crippen molar-refractivity contribution in [3.63, 3.8) is 0 Å².